The Hall–Kier alpha value is -3.22. The lowest BCUT2D eigenvalue weighted by atomic mass is 9.96. The topological polar surface area (TPSA) is 66.5 Å². The smallest absolute Gasteiger partial charge is 0.243 e. The van der Waals surface area contributed by atoms with Crippen LogP contribution in [0.4, 0.5) is 0 Å². The van der Waals surface area contributed by atoms with Gasteiger partial charge in [-0.15, -0.1) is 0 Å². The van der Waals surface area contributed by atoms with Gasteiger partial charge in [0.1, 0.15) is 0 Å². The number of benzene rings is 4. The van der Waals surface area contributed by atoms with Crippen molar-refractivity contribution in [2.75, 3.05) is 13.1 Å². The summed E-state index contributed by atoms with van der Waals surface area (Å²) in [6.07, 6.45) is 1.03. The lowest BCUT2D eigenvalue weighted by Crippen LogP contribution is -2.43. The molecule has 1 fully saturated rings. The highest BCUT2D eigenvalue weighted by Crippen LogP contribution is 2.27. The second kappa shape index (κ2) is 9.20. The lowest BCUT2D eigenvalue weighted by molar-refractivity contribution is -0.126. The molecule has 1 aliphatic rings. The predicted molar refractivity (Wildman–Crippen MR) is 136 cm³/mol. The zero-order chi connectivity index (χ0) is 23.7. The molecule has 0 spiro atoms. The molecule has 0 radical (unpaired) electrons. The van der Waals surface area contributed by atoms with Crippen molar-refractivity contribution in [3.8, 4) is 0 Å². The first kappa shape index (κ1) is 22.6. The molecule has 1 saturated heterocycles. The van der Waals surface area contributed by atoms with Crippen molar-refractivity contribution in [1.29, 1.82) is 0 Å². The molecule has 0 unspecified atom stereocenters. The summed E-state index contributed by atoms with van der Waals surface area (Å²) in [6.45, 7) is 2.68. The number of sulfonamides is 1. The fourth-order valence-corrected chi connectivity index (χ4v) is 6.23. The van der Waals surface area contributed by atoms with Crippen molar-refractivity contribution in [3.63, 3.8) is 0 Å². The Morgan fingerprint density at radius 3 is 2.03 bits per heavy atom. The Labute approximate surface area is 200 Å². The normalized spacial score (nSPS) is 16.5. The summed E-state index contributed by atoms with van der Waals surface area (Å²) < 4.78 is 27.9. The third-order valence-electron chi connectivity index (χ3n) is 6.82. The van der Waals surface area contributed by atoms with E-state index in [9.17, 15) is 13.2 Å². The maximum atomic E-state index is 13.2. The number of hydrogen-bond acceptors (Lipinski definition) is 3. The molecule has 34 heavy (non-hydrogen) atoms. The van der Waals surface area contributed by atoms with Crippen molar-refractivity contribution >= 4 is 37.5 Å². The summed E-state index contributed by atoms with van der Waals surface area (Å²) >= 11 is 0. The Morgan fingerprint density at radius 2 is 1.38 bits per heavy atom. The maximum Gasteiger partial charge on any atom is 0.243 e. The van der Waals surface area contributed by atoms with Crippen LogP contribution < -0.4 is 5.32 Å². The molecule has 1 aliphatic heterocycles. The van der Waals surface area contributed by atoms with Crippen LogP contribution in [-0.4, -0.2) is 31.7 Å². The summed E-state index contributed by atoms with van der Waals surface area (Å²) in [4.78, 5) is 13.2. The molecule has 0 bridgehead atoms. The first-order valence-electron chi connectivity index (χ1n) is 11.7. The van der Waals surface area contributed by atoms with Crippen LogP contribution in [0, 0.1) is 5.92 Å². The number of nitrogens with one attached hydrogen (secondary N) is 1. The second-order valence-electron chi connectivity index (χ2n) is 9.02. The van der Waals surface area contributed by atoms with E-state index >= 15 is 0 Å². The summed E-state index contributed by atoms with van der Waals surface area (Å²) in [6, 6.07) is 27.2. The first-order valence-corrected chi connectivity index (χ1v) is 13.1. The monoisotopic (exact) mass is 472 g/mol. The molecule has 1 atom stereocenters. The number of fused-ring (bicyclic) bond motifs is 2. The summed E-state index contributed by atoms with van der Waals surface area (Å²) in [7, 11) is -3.59. The van der Waals surface area contributed by atoms with Crippen molar-refractivity contribution in [1.82, 2.24) is 9.62 Å². The van der Waals surface area contributed by atoms with Crippen LogP contribution in [-0.2, 0) is 14.8 Å². The van der Waals surface area contributed by atoms with Crippen LogP contribution in [0.15, 0.2) is 89.8 Å². The molecule has 1 heterocycles. The third kappa shape index (κ3) is 4.43. The number of carbonyl (C=O) groups is 1. The highest BCUT2D eigenvalue weighted by molar-refractivity contribution is 7.89. The van der Waals surface area contributed by atoms with E-state index in [0.29, 0.717) is 30.8 Å². The molecule has 5 rings (SSSR count). The molecule has 1 N–H and O–H groups in total. The van der Waals surface area contributed by atoms with Gasteiger partial charge < -0.3 is 5.32 Å². The van der Waals surface area contributed by atoms with Gasteiger partial charge in [0.25, 0.3) is 0 Å². The Balaban J connectivity index is 1.22. The fraction of sp³-hybridized carbons (Fsp3) is 0.250. The van der Waals surface area contributed by atoms with Crippen LogP contribution in [0.3, 0.4) is 0 Å². The minimum Gasteiger partial charge on any atom is -0.349 e. The van der Waals surface area contributed by atoms with Gasteiger partial charge in [0.2, 0.25) is 15.9 Å². The fourth-order valence-electron chi connectivity index (χ4n) is 4.73. The number of nitrogens with zero attached hydrogens (tertiary/aromatic N) is 1. The molecule has 174 valence electrons. The van der Waals surface area contributed by atoms with Crippen molar-refractivity contribution in [3.05, 3.63) is 90.5 Å². The van der Waals surface area contributed by atoms with E-state index in [1.54, 1.807) is 12.1 Å². The Kier molecular flexibility index (Phi) is 6.11. The number of hydrogen-bond donors (Lipinski definition) is 1. The van der Waals surface area contributed by atoms with Crippen molar-refractivity contribution in [2.24, 2.45) is 5.92 Å². The maximum absolute atomic E-state index is 13.2. The third-order valence-corrected chi connectivity index (χ3v) is 8.71. The SMILES string of the molecule is C[C@H](NC(=O)C1CCN(S(=O)(=O)c2ccc3ccccc3c2)CC1)c1ccc2ccccc2c1. The molecule has 6 heteroatoms. The number of rotatable bonds is 5. The first-order chi connectivity index (χ1) is 16.4. The van der Waals surface area contributed by atoms with Crippen LogP contribution in [0.5, 0.6) is 0 Å². The predicted octanol–water partition coefficient (Wildman–Crippen LogP) is 5.27. The molecular formula is C28H28N2O3S. The van der Waals surface area contributed by atoms with E-state index < -0.39 is 10.0 Å². The van der Waals surface area contributed by atoms with Crippen molar-refractivity contribution in [2.45, 2.75) is 30.7 Å². The van der Waals surface area contributed by atoms with Gasteiger partial charge in [0.15, 0.2) is 0 Å². The van der Waals surface area contributed by atoms with Gasteiger partial charge in [0, 0.05) is 19.0 Å². The quantitative estimate of drug-likeness (QED) is 0.430. The molecule has 0 saturated carbocycles. The van der Waals surface area contributed by atoms with Gasteiger partial charge in [-0.05, 0) is 65.1 Å². The molecule has 1 amide bonds. The Bertz CT molecular complexity index is 1460. The zero-order valence-corrected chi connectivity index (χ0v) is 20.0. The lowest BCUT2D eigenvalue weighted by Gasteiger charge is -2.31. The highest BCUT2D eigenvalue weighted by atomic mass is 32.2. The molecule has 0 aliphatic carbocycles. The second-order valence-corrected chi connectivity index (χ2v) is 11.0. The standard InChI is InChI=1S/C28H28N2O3S/c1-20(24-11-10-21-6-2-4-8-25(21)18-24)29-28(31)23-14-16-30(17-15-23)34(32,33)27-13-12-22-7-3-5-9-26(22)19-27/h2-13,18-20,23H,14-17H2,1H3,(H,29,31)/t20-/m0/s1. The van der Waals surface area contributed by atoms with Gasteiger partial charge >= 0.3 is 0 Å². The van der Waals surface area contributed by atoms with Crippen LogP contribution in [0.2, 0.25) is 0 Å². The van der Waals surface area contributed by atoms with Crippen LogP contribution in [0.25, 0.3) is 21.5 Å². The number of carbonyl (C=O) groups excluding carboxylic acids is 1. The summed E-state index contributed by atoms with van der Waals surface area (Å²) in [5.41, 5.74) is 1.06. The van der Waals surface area contributed by atoms with Crippen molar-refractivity contribution < 1.29 is 13.2 Å². The minimum absolute atomic E-state index is 0.0107. The van der Waals surface area contributed by atoms with Gasteiger partial charge in [-0.1, -0.05) is 66.7 Å². The van der Waals surface area contributed by atoms with E-state index in [2.05, 4.69) is 29.6 Å². The van der Waals surface area contributed by atoms with E-state index in [-0.39, 0.29) is 17.9 Å². The molecule has 4 aromatic carbocycles. The molecule has 4 aromatic rings. The van der Waals surface area contributed by atoms with Gasteiger partial charge in [-0.25, -0.2) is 8.42 Å². The van der Waals surface area contributed by atoms with Crippen LogP contribution >= 0.6 is 0 Å². The van der Waals surface area contributed by atoms with Crippen LogP contribution in [0.1, 0.15) is 31.4 Å². The highest BCUT2D eigenvalue weighted by Gasteiger charge is 2.32. The van der Waals surface area contributed by atoms with Gasteiger partial charge in [-0.3, -0.25) is 4.79 Å². The minimum atomic E-state index is -3.59. The number of amides is 1. The average molecular weight is 473 g/mol. The number of piperidine rings is 1. The zero-order valence-electron chi connectivity index (χ0n) is 19.1. The molecule has 0 aromatic heterocycles. The van der Waals surface area contributed by atoms with Gasteiger partial charge in [-0.2, -0.15) is 4.31 Å². The summed E-state index contributed by atoms with van der Waals surface area (Å²) in [5.74, 6) is -0.200. The largest absolute Gasteiger partial charge is 0.349 e. The Morgan fingerprint density at radius 1 is 0.824 bits per heavy atom. The van der Waals surface area contributed by atoms with E-state index in [1.165, 1.54) is 9.69 Å². The van der Waals surface area contributed by atoms with E-state index in [1.807, 2.05) is 55.5 Å². The van der Waals surface area contributed by atoms with Gasteiger partial charge in [0.05, 0.1) is 10.9 Å². The summed E-state index contributed by atoms with van der Waals surface area (Å²) in [5, 5.41) is 7.36. The molecule has 5 nitrogen and oxygen atoms in total. The van der Waals surface area contributed by atoms with E-state index in [4.69, 9.17) is 0 Å². The average Bonchev–Trinajstić information content (AvgIpc) is 2.88. The van der Waals surface area contributed by atoms with E-state index in [0.717, 1.165) is 21.7 Å². The molecular weight excluding hydrogens is 444 g/mol.